The van der Waals surface area contributed by atoms with Crippen molar-refractivity contribution in [2.45, 2.75) is 59.9 Å². The molecule has 2 unspecified atom stereocenters. The number of hydrogen-bond acceptors (Lipinski definition) is 5. The highest BCUT2D eigenvalue weighted by Crippen LogP contribution is 2.37. The van der Waals surface area contributed by atoms with Gasteiger partial charge in [-0.05, 0) is 76.9 Å². The fraction of sp³-hybridized carbons (Fsp3) is 0.407. The lowest BCUT2D eigenvalue weighted by Crippen LogP contribution is -2.47. The zero-order valence-electron chi connectivity index (χ0n) is 20.2. The molecule has 2 aliphatic heterocycles. The molecule has 2 aromatic carbocycles. The molecule has 2 heterocycles. The van der Waals surface area contributed by atoms with E-state index >= 15 is 0 Å². The Morgan fingerprint density at radius 3 is 2.15 bits per heavy atom. The van der Waals surface area contributed by atoms with Gasteiger partial charge >= 0.3 is 0 Å². The van der Waals surface area contributed by atoms with Gasteiger partial charge in [-0.25, -0.2) is 4.90 Å². The van der Waals surface area contributed by atoms with Crippen LogP contribution in [0, 0.1) is 13.8 Å². The van der Waals surface area contributed by atoms with Crippen LogP contribution in [0.1, 0.15) is 44.4 Å². The number of anilines is 1. The summed E-state index contributed by atoms with van der Waals surface area (Å²) in [5.41, 5.74) is 4.33. The van der Waals surface area contributed by atoms with Crippen molar-refractivity contribution in [2.75, 3.05) is 18.0 Å². The molecule has 1 fully saturated rings. The van der Waals surface area contributed by atoms with Crippen LogP contribution in [0.25, 0.3) is 5.57 Å². The van der Waals surface area contributed by atoms with Gasteiger partial charge in [-0.1, -0.05) is 23.8 Å². The van der Waals surface area contributed by atoms with Crippen molar-refractivity contribution in [3.05, 3.63) is 64.9 Å². The predicted octanol–water partition coefficient (Wildman–Crippen LogP) is 4.48. The molecule has 2 aliphatic rings. The lowest BCUT2D eigenvalue weighted by molar-refractivity contribution is -0.121. The van der Waals surface area contributed by atoms with Crippen LogP contribution in [0.2, 0.25) is 0 Å². The average Bonchev–Trinajstić information content (AvgIpc) is 2.98. The minimum atomic E-state index is -0.300. The molecule has 174 valence electrons. The standard InChI is InChI=1S/C27H32N2O4/c1-16(2)32-22-10-8-21(9-11-22)29-26(30)24(23-12-7-17(3)13-18(23)4)25(27(29)31)28-14-19(5)33-20(6)15-28/h7-13,16,19-20H,14-15H2,1-6H3. The molecular weight excluding hydrogens is 416 g/mol. The van der Waals surface area contributed by atoms with Crippen LogP contribution in [-0.2, 0) is 14.3 Å². The minimum absolute atomic E-state index is 0.0361. The van der Waals surface area contributed by atoms with E-state index in [1.165, 1.54) is 4.90 Å². The number of aryl methyl sites for hydroxylation is 2. The van der Waals surface area contributed by atoms with Crippen molar-refractivity contribution in [2.24, 2.45) is 0 Å². The molecule has 0 saturated carbocycles. The Hall–Kier alpha value is -3.12. The molecule has 0 radical (unpaired) electrons. The Morgan fingerprint density at radius 1 is 0.939 bits per heavy atom. The Morgan fingerprint density at radius 2 is 1.58 bits per heavy atom. The van der Waals surface area contributed by atoms with Crippen molar-refractivity contribution < 1.29 is 19.1 Å². The summed E-state index contributed by atoms with van der Waals surface area (Å²) in [6.45, 7) is 13.0. The highest BCUT2D eigenvalue weighted by Gasteiger charge is 2.44. The lowest BCUT2D eigenvalue weighted by atomic mass is 9.97. The van der Waals surface area contributed by atoms with Crippen molar-refractivity contribution in [1.29, 1.82) is 0 Å². The quantitative estimate of drug-likeness (QED) is 0.631. The summed E-state index contributed by atoms with van der Waals surface area (Å²) in [7, 11) is 0. The number of morpholine rings is 1. The van der Waals surface area contributed by atoms with Gasteiger partial charge in [-0.3, -0.25) is 9.59 Å². The molecule has 4 rings (SSSR count). The number of benzene rings is 2. The van der Waals surface area contributed by atoms with Crippen LogP contribution in [0.3, 0.4) is 0 Å². The molecule has 0 N–H and O–H groups in total. The van der Waals surface area contributed by atoms with Gasteiger partial charge in [0.05, 0.1) is 29.6 Å². The number of carbonyl (C=O) groups excluding carboxylic acids is 2. The van der Waals surface area contributed by atoms with E-state index in [-0.39, 0.29) is 30.1 Å². The maximum atomic E-state index is 13.8. The van der Waals surface area contributed by atoms with Crippen LogP contribution in [0.4, 0.5) is 5.69 Å². The summed E-state index contributed by atoms with van der Waals surface area (Å²) in [6.07, 6.45) is -0.0300. The normalized spacial score (nSPS) is 21.4. The maximum absolute atomic E-state index is 13.8. The van der Waals surface area contributed by atoms with Crippen molar-refractivity contribution in [3.63, 3.8) is 0 Å². The Labute approximate surface area is 195 Å². The Kier molecular flexibility index (Phi) is 6.30. The summed E-state index contributed by atoms with van der Waals surface area (Å²) in [4.78, 5) is 30.9. The summed E-state index contributed by atoms with van der Waals surface area (Å²) >= 11 is 0. The molecule has 2 amide bonds. The second kappa shape index (κ2) is 9.02. The highest BCUT2D eigenvalue weighted by atomic mass is 16.5. The van der Waals surface area contributed by atoms with E-state index in [4.69, 9.17) is 9.47 Å². The first-order valence-electron chi connectivity index (χ1n) is 11.5. The molecule has 2 aromatic rings. The van der Waals surface area contributed by atoms with Crippen LogP contribution < -0.4 is 9.64 Å². The van der Waals surface area contributed by atoms with E-state index in [0.29, 0.717) is 35.8 Å². The molecule has 2 atom stereocenters. The summed E-state index contributed by atoms with van der Waals surface area (Å²) in [5.74, 6) is 0.103. The third-order valence-corrected chi connectivity index (χ3v) is 5.91. The molecular formula is C27H32N2O4. The first-order chi connectivity index (χ1) is 15.7. The number of carbonyl (C=O) groups is 2. The second-order valence-corrected chi connectivity index (χ2v) is 9.31. The first-order valence-corrected chi connectivity index (χ1v) is 11.5. The lowest BCUT2D eigenvalue weighted by Gasteiger charge is -2.37. The van der Waals surface area contributed by atoms with Crippen molar-refractivity contribution in [1.82, 2.24) is 4.90 Å². The van der Waals surface area contributed by atoms with Gasteiger partial charge in [-0.2, -0.15) is 0 Å². The predicted molar refractivity (Wildman–Crippen MR) is 129 cm³/mol. The first kappa shape index (κ1) is 23.1. The van der Waals surface area contributed by atoms with E-state index in [1.807, 2.05) is 64.6 Å². The van der Waals surface area contributed by atoms with Gasteiger partial charge in [0.25, 0.3) is 11.8 Å². The smallest absolute Gasteiger partial charge is 0.282 e. The van der Waals surface area contributed by atoms with Gasteiger partial charge in [0.15, 0.2) is 0 Å². The average molecular weight is 449 g/mol. The third kappa shape index (κ3) is 4.53. The highest BCUT2D eigenvalue weighted by molar-refractivity contribution is 6.45. The van der Waals surface area contributed by atoms with Gasteiger partial charge in [-0.15, -0.1) is 0 Å². The van der Waals surface area contributed by atoms with Crippen LogP contribution in [0.15, 0.2) is 48.2 Å². The van der Waals surface area contributed by atoms with E-state index in [0.717, 1.165) is 16.7 Å². The molecule has 1 saturated heterocycles. The van der Waals surface area contributed by atoms with E-state index in [2.05, 4.69) is 0 Å². The Balaban J connectivity index is 1.79. The van der Waals surface area contributed by atoms with Crippen LogP contribution in [0.5, 0.6) is 5.75 Å². The topological polar surface area (TPSA) is 59.1 Å². The minimum Gasteiger partial charge on any atom is -0.491 e. The number of imide groups is 1. The maximum Gasteiger partial charge on any atom is 0.282 e. The SMILES string of the molecule is Cc1ccc(C2=C(N3CC(C)OC(C)C3)C(=O)N(c3ccc(OC(C)C)cc3)C2=O)c(C)c1. The monoisotopic (exact) mass is 448 g/mol. The molecule has 33 heavy (non-hydrogen) atoms. The largest absolute Gasteiger partial charge is 0.491 e. The van der Waals surface area contributed by atoms with Crippen molar-refractivity contribution >= 4 is 23.1 Å². The van der Waals surface area contributed by atoms with Crippen molar-refractivity contribution in [3.8, 4) is 5.75 Å². The molecule has 6 heteroatoms. The molecule has 0 aliphatic carbocycles. The summed E-state index contributed by atoms with van der Waals surface area (Å²) in [5, 5.41) is 0. The van der Waals surface area contributed by atoms with Gasteiger partial charge in [0.2, 0.25) is 0 Å². The zero-order valence-corrected chi connectivity index (χ0v) is 20.2. The van der Waals surface area contributed by atoms with Gasteiger partial charge in [0.1, 0.15) is 11.4 Å². The van der Waals surface area contributed by atoms with Gasteiger partial charge < -0.3 is 14.4 Å². The van der Waals surface area contributed by atoms with Crippen LogP contribution in [-0.4, -0.2) is 48.1 Å². The fourth-order valence-corrected chi connectivity index (χ4v) is 4.69. The second-order valence-electron chi connectivity index (χ2n) is 9.31. The van der Waals surface area contributed by atoms with E-state index < -0.39 is 0 Å². The van der Waals surface area contributed by atoms with E-state index in [9.17, 15) is 9.59 Å². The summed E-state index contributed by atoms with van der Waals surface area (Å²) < 4.78 is 11.6. The fourth-order valence-electron chi connectivity index (χ4n) is 4.69. The number of ether oxygens (including phenoxy) is 2. The Bertz CT molecular complexity index is 1090. The van der Waals surface area contributed by atoms with E-state index in [1.54, 1.807) is 24.3 Å². The molecule has 0 bridgehead atoms. The number of hydrogen-bond donors (Lipinski definition) is 0. The number of nitrogens with zero attached hydrogens (tertiary/aromatic N) is 2. The zero-order chi connectivity index (χ0) is 23.9. The molecule has 6 nitrogen and oxygen atoms in total. The third-order valence-electron chi connectivity index (χ3n) is 5.91. The molecule has 0 spiro atoms. The number of amides is 2. The summed E-state index contributed by atoms with van der Waals surface area (Å²) in [6, 6.07) is 13.1. The van der Waals surface area contributed by atoms with Gasteiger partial charge in [0, 0.05) is 13.1 Å². The molecule has 0 aromatic heterocycles. The van der Waals surface area contributed by atoms with Crippen LogP contribution >= 0.6 is 0 Å². The number of rotatable bonds is 5.